The van der Waals surface area contributed by atoms with Gasteiger partial charge in [-0.2, -0.15) is 0 Å². The van der Waals surface area contributed by atoms with Crippen LogP contribution in [0.15, 0.2) is 32.9 Å². The van der Waals surface area contributed by atoms with E-state index in [1.807, 2.05) is 0 Å². The summed E-state index contributed by atoms with van der Waals surface area (Å²) in [6, 6.07) is 3.76. The molecule has 0 radical (unpaired) electrons. The van der Waals surface area contributed by atoms with Crippen molar-refractivity contribution in [1.29, 1.82) is 0 Å². The Balaban J connectivity index is 2.55. The number of hydrogen-bond acceptors (Lipinski definition) is 6. The number of hydrogen-bond donors (Lipinski definition) is 3. The first-order chi connectivity index (χ1) is 11.2. The highest BCUT2D eigenvalue weighted by Gasteiger charge is 2.22. The van der Waals surface area contributed by atoms with Gasteiger partial charge >= 0.3 is 0 Å². The Hall–Kier alpha value is -1.91. The molecule has 128 valence electrons. The summed E-state index contributed by atoms with van der Waals surface area (Å²) in [5, 5.41) is 14.2. The molecule has 0 saturated heterocycles. The molecule has 0 spiro atoms. The quantitative estimate of drug-likeness (QED) is 0.624. The minimum atomic E-state index is -3.67. The first-order valence-corrected chi connectivity index (χ1v) is 9.93. The van der Waals surface area contributed by atoms with Crippen LogP contribution in [0, 0.1) is 0 Å². The van der Waals surface area contributed by atoms with Crippen molar-refractivity contribution < 1.29 is 23.1 Å². The molecule has 1 heterocycles. The summed E-state index contributed by atoms with van der Waals surface area (Å²) in [5.74, 6) is -2.36. The largest absolute Gasteiger partial charge is 0.505 e. The number of amides is 2. The molecule has 1 aromatic carbocycles. The van der Waals surface area contributed by atoms with E-state index in [1.54, 1.807) is 11.4 Å². The van der Waals surface area contributed by atoms with Gasteiger partial charge in [-0.15, -0.1) is 11.3 Å². The number of thiophene rings is 1. The number of nitrogens with two attached hydrogens (primary N) is 1. The van der Waals surface area contributed by atoms with Crippen LogP contribution in [0.3, 0.4) is 0 Å². The van der Waals surface area contributed by atoms with Crippen LogP contribution in [-0.4, -0.2) is 31.1 Å². The average Bonchev–Trinajstić information content (AvgIpc) is 2.94. The van der Waals surface area contributed by atoms with Crippen molar-refractivity contribution in [3.05, 3.63) is 38.5 Å². The molecule has 7 nitrogen and oxygen atoms in total. The van der Waals surface area contributed by atoms with Crippen molar-refractivity contribution in [2.24, 2.45) is 5.73 Å². The van der Waals surface area contributed by atoms with E-state index in [-0.39, 0.29) is 21.9 Å². The van der Waals surface area contributed by atoms with Crippen molar-refractivity contribution in [3.63, 3.8) is 0 Å². The van der Waals surface area contributed by atoms with Crippen molar-refractivity contribution in [1.82, 2.24) is 0 Å². The number of sulfone groups is 1. The molecule has 0 atom stereocenters. The Morgan fingerprint density at radius 1 is 1.38 bits per heavy atom. The van der Waals surface area contributed by atoms with Gasteiger partial charge in [0, 0.05) is 4.47 Å². The number of phenols is 1. The van der Waals surface area contributed by atoms with E-state index in [2.05, 4.69) is 21.2 Å². The normalized spacial score (nSPS) is 11.2. The molecular formula is C14H13BrN2O5S2. The number of anilines is 1. The third-order valence-electron chi connectivity index (χ3n) is 3.16. The molecule has 4 N–H and O–H groups in total. The first kappa shape index (κ1) is 18.4. The Bertz CT molecular complexity index is 921. The third-order valence-corrected chi connectivity index (χ3v) is 6.71. The molecule has 0 unspecified atom stereocenters. The standard InChI is InChI=1S/C14H13BrN2O5S2/c1-2-24(21,22)7-5-8(13(16)19)11(18)10(6-7)17-14(20)12-9(15)3-4-23-12/h3-6,18H,2H2,1H3,(H2,16,19)(H,17,20). The summed E-state index contributed by atoms with van der Waals surface area (Å²) in [6.45, 7) is 1.44. The van der Waals surface area contributed by atoms with Crippen LogP contribution in [0.2, 0.25) is 0 Å². The highest BCUT2D eigenvalue weighted by Crippen LogP contribution is 2.33. The predicted octanol–water partition coefficient (Wildman–Crippen LogP) is 2.36. The topological polar surface area (TPSA) is 127 Å². The van der Waals surface area contributed by atoms with Crippen LogP contribution in [0.25, 0.3) is 0 Å². The van der Waals surface area contributed by atoms with Gasteiger partial charge < -0.3 is 16.2 Å². The van der Waals surface area contributed by atoms with Crippen molar-refractivity contribution in [3.8, 4) is 5.75 Å². The van der Waals surface area contributed by atoms with Gasteiger partial charge in [0.1, 0.15) is 4.88 Å². The fourth-order valence-electron chi connectivity index (χ4n) is 1.87. The smallest absolute Gasteiger partial charge is 0.266 e. The number of benzene rings is 1. The summed E-state index contributed by atoms with van der Waals surface area (Å²) in [7, 11) is -3.67. The molecule has 2 amide bonds. The highest BCUT2D eigenvalue weighted by molar-refractivity contribution is 9.10. The van der Waals surface area contributed by atoms with Crippen LogP contribution >= 0.6 is 27.3 Å². The molecule has 0 aliphatic rings. The summed E-state index contributed by atoms with van der Waals surface area (Å²) in [6.07, 6.45) is 0. The number of aromatic hydroxyl groups is 1. The summed E-state index contributed by atoms with van der Waals surface area (Å²) in [5.41, 5.74) is 4.59. The van der Waals surface area contributed by atoms with Crippen molar-refractivity contribution in [2.45, 2.75) is 11.8 Å². The zero-order valence-electron chi connectivity index (χ0n) is 12.4. The van der Waals surface area contributed by atoms with E-state index in [1.165, 1.54) is 6.92 Å². The first-order valence-electron chi connectivity index (χ1n) is 6.61. The van der Waals surface area contributed by atoms with Crippen molar-refractivity contribution in [2.75, 3.05) is 11.1 Å². The van der Waals surface area contributed by atoms with Gasteiger partial charge in [-0.3, -0.25) is 9.59 Å². The molecule has 10 heteroatoms. The molecule has 1 aromatic heterocycles. The van der Waals surface area contributed by atoms with E-state index >= 15 is 0 Å². The maximum atomic E-state index is 12.3. The lowest BCUT2D eigenvalue weighted by molar-refractivity contribution is 0.0993. The Morgan fingerprint density at radius 3 is 2.54 bits per heavy atom. The van der Waals surface area contributed by atoms with Crippen molar-refractivity contribution >= 4 is 54.6 Å². The minimum Gasteiger partial charge on any atom is -0.505 e. The molecule has 24 heavy (non-hydrogen) atoms. The predicted molar refractivity (Wildman–Crippen MR) is 94.3 cm³/mol. The van der Waals surface area contributed by atoms with Gasteiger partial charge in [-0.05, 0) is 39.5 Å². The monoisotopic (exact) mass is 432 g/mol. The molecule has 0 bridgehead atoms. The highest BCUT2D eigenvalue weighted by atomic mass is 79.9. The van der Waals surface area contributed by atoms with Crippen LogP contribution in [0.1, 0.15) is 27.0 Å². The number of primary amides is 1. The number of nitrogens with one attached hydrogen (secondary N) is 1. The zero-order chi connectivity index (χ0) is 18.1. The maximum Gasteiger partial charge on any atom is 0.266 e. The minimum absolute atomic E-state index is 0.205. The van der Waals surface area contributed by atoms with Crippen LogP contribution < -0.4 is 11.1 Å². The number of rotatable bonds is 5. The fraction of sp³-hybridized carbons (Fsp3) is 0.143. The third kappa shape index (κ3) is 3.60. The van der Waals surface area contributed by atoms with E-state index < -0.39 is 27.4 Å². The molecule has 2 aromatic rings. The number of halogens is 1. The summed E-state index contributed by atoms with van der Waals surface area (Å²) >= 11 is 4.37. The second-order valence-corrected chi connectivity index (χ2v) is 8.74. The van der Waals surface area contributed by atoms with Gasteiger partial charge in [0.05, 0.1) is 21.9 Å². The van der Waals surface area contributed by atoms with Gasteiger partial charge in [-0.25, -0.2) is 8.42 Å². The molecular weight excluding hydrogens is 420 g/mol. The Morgan fingerprint density at radius 2 is 2.04 bits per heavy atom. The summed E-state index contributed by atoms with van der Waals surface area (Å²) < 4.78 is 24.7. The molecule has 0 aliphatic heterocycles. The van der Waals surface area contributed by atoms with E-state index in [0.29, 0.717) is 9.35 Å². The zero-order valence-corrected chi connectivity index (χ0v) is 15.6. The van der Waals surface area contributed by atoms with E-state index in [9.17, 15) is 23.1 Å². The van der Waals surface area contributed by atoms with Crippen LogP contribution in [0.5, 0.6) is 5.75 Å². The van der Waals surface area contributed by atoms with Gasteiger partial charge in [0.25, 0.3) is 11.8 Å². The second-order valence-electron chi connectivity index (χ2n) is 4.69. The average molecular weight is 433 g/mol. The lowest BCUT2D eigenvalue weighted by atomic mass is 10.1. The second kappa shape index (κ2) is 6.91. The molecule has 0 aliphatic carbocycles. The number of carbonyl (C=O) groups is 2. The van der Waals surface area contributed by atoms with Crippen LogP contribution in [0.4, 0.5) is 5.69 Å². The Labute approximate surface area is 150 Å². The SMILES string of the molecule is CCS(=O)(=O)c1cc(NC(=O)c2sccc2Br)c(O)c(C(N)=O)c1. The Kier molecular flexibility index (Phi) is 5.31. The molecule has 0 saturated carbocycles. The van der Waals surface area contributed by atoms with E-state index in [0.717, 1.165) is 23.5 Å². The molecule has 0 fully saturated rings. The lowest BCUT2D eigenvalue weighted by Gasteiger charge is -2.12. The van der Waals surface area contributed by atoms with Gasteiger partial charge in [0.2, 0.25) is 0 Å². The van der Waals surface area contributed by atoms with Gasteiger partial charge in [-0.1, -0.05) is 6.92 Å². The lowest BCUT2D eigenvalue weighted by Crippen LogP contribution is -2.16. The molecule has 2 rings (SSSR count). The summed E-state index contributed by atoms with van der Waals surface area (Å²) in [4.78, 5) is 23.8. The van der Waals surface area contributed by atoms with Crippen LogP contribution in [-0.2, 0) is 9.84 Å². The maximum absolute atomic E-state index is 12.3. The van der Waals surface area contributed by atoms with Gasteiger partial charge in [0.15, 0.2) is 15.6 Å². The number of carbonyl (C=O) groups excluding carboxylic acids is 2. The fourth-order valence-corrected chi connectivity index (χ4v) is 4.25. The van der Waals surface area contributed by atoms with E-state index in [4.69, 9.17) is 5.73 Å².